The standard InChI is InChI=1S/C15H22FNO/c1-4-17-14(15-11(3)7-8-18-15)13-9-12(16)6-5-10(13)2/h5-6,9,11,14-15,17H,4,7-8H2,1-3H3. The number of likely N-dealkylation sites (N-methyl/N-ethyl adjacent to an activating group) is 1. The van der Waals surface area contributed by atoms with Crippen LogP contribution in [0.3, 0.4) is 0 Å². The van der Waals surface area contributed by atoms with Crippen LogP contribution >= 0.6 is 0 Å². The second-order valence-corrected chi connectivity index (χ2v) is 5.14. The first-order valence-corrected chi connectivity index (χ1v) is 6.74. The van der Waals surface area contributed by atoms with Crippen molar-refractivity contribution >= 4 is 0 Å². The van der Waals surface area contributed by atoms with Crippen LogP contribution in [0.4, 0.5) is 4.39 Å². The first-order valence-electron chi connectivity index (χ1n) is 6.74. The maximum atomic E-state index is 13.5. The van der Waals surface area contributed by atoms with E-state index in [1.165, 1.54) is 6.07 Å². The smallest absolute Gasteiger partial charge is 0.123 e. The molecule has 0 aliphatic carbocycles. The maximum Gasteiger partial charge on any atom is 0.123 e. The molecule has 2 nitrogen and oxygen atoms in total. The first-order chi connectivity index (χ1) is 8.63. The molecule has 3 heteroatoms. The molecule has 0 aromatic heterocycles. The molecule has 0 radical (unpaired) electrons. The maximum absolute atomic E-state index is 13.5. The molecule has 0 saturated carbocycles. The molecule has 1 aromatic rings. The van der Waals surface area contributed by atoms with E-state index >= 15 is 0 Å². The highest BCUT2D eigenvalue weighted by atomic mass is 19.1. The normalized spacial score (nSPS) is 25.3. The van der Waals surface area contributed by atoms with E-state index in [0.717, 1.165) is 30.7 Å². The SMILES string of the molecule is CCNC(c1cc(F)ccc1C)C1OCCC1C. The van der Waals surface area contributed by atoms with Gasteiger partial charge in [-0.2, -0.15) is 0 Å². The second-order valence-electron chi connectivity index (χ2n) is 5.14. The van der Waals surface area contributed by atoms with Crippen molar-refractivity contribution in [1.29, 1.82) is 0 Å². The van der Waals surface area contributed by atoms with Gasteiger partial charge in [0.25, 0.3) is 0 Å². The van der Waals surface area contributed by atoms with Crippen molar-refractivity contribution in [3.63, 3.8) is 0 Å². The van der Waals surface area contributed by atoms with Crippen molar-refractivity contribution in [2.45, 2.75) is 39.3 Å². The zero-order chi connectivity index (χ0) is 13.1. The minimum Gasteiger partial charge on any atom is -0.376 e. The van der Waals surface area contributed by atoms with Gasteiger partial charge in [0.15, 0.2) is 0 Å². The van der Waals surface area contributed by atoms with Gasteiger partial charge in [-0.05, 0) is 49.1 Å². The van der Waals surface area contributed by atoms with Gasteiger partial charge in [-0.3, -0.25) is 0 Å². The van der Waals surface area contributed by atoms with E-state index in [4.69, 9.17) is 4.74 Å². The van der Waals surface area contributed by atoms with Gasteiger partial charge >= 0.3 is 0 Å². The average Bonchev–Trinajstić information content (AvgIpc) is 2.76. The van der Waals surface area contributed by atoms with Gasteiger partial charge in [0.05, 0.1) is 12.1 Å². The Labute approximate surface area is 109 Å². The lowest BCUT2D eigenvalue weighted by Gasteiger charge is -2.28. The summed E-state index contributed by atoms with van der Waals surface area (Å²) < 4.78 is 19.3. The molecule has 1 saturated heterocycles. The quantitative estimate of drug-likeness (QED) is 0.887. The minimum absolute atomic E-state index is 0.0863. The number of aryl methyl sites for hydroxylation is 1. The largest absolute Gasteiger partial charge is 0.376 e. The predicted molar refractivity (Wildman–Crippen MR) is 71.1 cm³/mol. The fourth-order valence-electron chi connectivity index (χ4n) is 2.71. The third kappa shape index (κ3) is 2.73. The van der Waals surface area contributed by atoms with Crippen LogP contribution in [0, 0.1) is 18.7 Å². The highest BCUT2D eigenvalue weighted by Crippen LogP contribution is 2.32. The number of ether oxygens (including phenoxy) is 1. The van der Waals surface area contributed by atoms with Crippen LogP contribution in [0.1, 0.15) is 37.4 Å². The third-order valence-corrected chi connectivity index (χ3v) is 3.77. The van der Waals surface area contributed by atoms with Gasteiger partial charge in [-0.1, -0.05) is 19.9 Å². The lowest BCUT2D eigenvalue weighted by molar-refractivity contribution is 0.0609. The Bertz CT molecular complexity index is 407. The molecule has 1 aromatic carbocycles. The number of rotatable bonds is 4. The Morgan fingerprint density at radius 3 is 2.89 bits per heavy atom. The summed E-state index contributed by atoms with van der Waals surface area (Å²) in [5.74, 6) is 0.334. The number of hydrogen-bond acceptors (Lipinski definition) is 2. The van der Waals surface area contributed by atoms with E-state index in [9.17, 15) is 4.39 Å². The number of halogens is 1. The molecular weight excluding hydrogens is 229 g/mol. The fraction of sp³-hybridized carbons (Fsp3) is 0.600. The van der Waals surface area contributed by atoms with E-state index in [0.29, 0.717) is 5.92 Å². The second kappa shape index (κ2) is 5.81. The topological polar surface area (TPSA) is 21.3 Å². The monoisotopic (exact) mass is 251 g/mol. The van der Waals surface area contributed by atoms with Crippen LogP contribution in [0.25, 0.3) is 0 Å². The number of hydrogen-bond donors (Lipinski definition) is 1. The zero-order valence-corrected chi connectivity index (χ0v) is 11.4. The molecule has 3 unspecified atom stereocenters. The van der Waals surface area contributed by atoms with Crippen molar-refractivity contribution in [1.82, 2.24) is 5.32 Å². The predicted octanol–water partition coefficient (Wildman–Crippen LogP) is 3.21. The summed E-state index contributed by atoms with van der Waals surface area (Å²) in [6.07, 6.45) is 1.23. The summed E-state index contributed by atoms with van der Waals surface area (Å²) in [6.45, 7) is 7.96. The first kappa shape index (κ1) is 13.5. The minimum atomic E-state index is -0.177. The fourth-order valence-corrected chi connectivity index (χ4v) is 2.71. The Hall–Kier alpha value is -0.930. The van der Waals surface area contributed by atoms with Crippen LogP contribution in [0.15, 0.2) is 18.2 Å². The van der Waals surface area contributed by atoms with E-state index in [2.05, 4.69) is 19.2 Å². The molecular formula is C15H22FNO. The number of benzene rings is 1. The van der Waals surface area contributed by atoms with E-state index in [1.54, 1.807) is 6.07 Å². The van der Waals surface area contributed by atoms with Gasteiger partial charge in [0.1, 0.15) is 5.82 Å². The molecule has 3 atom stereocenters. The van der Waals surface area contributed by atoms with Crippen LogP contribution < -0.4 is 5.32 Å². The van der Waals surface area contributed by atoms with Crippen molar-refractivity contribution in [2.24, 2.45) is 5.92 Å². The van der Waals surface area contributed by atoms with Crippen LogP contribution in [-0.2, 0) is 4.74 Å². The molecule has 1 aliphatic heterocycles. The Morgan fingerprint density at radius 1 is 1.50 bits per heavy atom. The summed E-state index contributed by atoms with van der Waals surface area (Å²) in [7, 11) is 0. The third-order valence-electron chi connectivity index (χ3n) is 3.77. The van der Waals surface area contributed by atoms with E-state index in [1.807, 2.05) is 13.0 Å². The molecule has 18 heavy (non-hydrogen) atoms. The summed E-state index contributed by atoms with van der Waals surface area (Å²) in [5, 5.41) is 3.45. The molecule has 2 rings (SSSR count). The van der Waals surface area contributed by atoms with Crippen molar-refractivity contribution in [3.05, 3.63) is 35.1 Å². The Balaban J connectivity index is 2.31. The molecule has 1 N–H and O–H groups in total. The van der Waals surface area contributed by atoms with Gasteiger partial charge in [-0.15, -0.1) is 0 Å². The lowest BCUT2D eigenvalue weighted by Crippen LogP contribution is -2.35. The van der Waals surface area contributed by atoms with Gasteiger partial charge < -0.3 is 10.1 Å². The molecule has 0 bridgehead atoms. The molecule has 0 amide bonds. The molecule has 1 heterocycles. The molecule has 0 spiro atoms. The van der Waals surface area contributed by atoms with Gasteiger partial charge in [0, 0.05) is 6.61 Å². The molecule has 1 aliphatic rings. The Kier molecular flexibility index (Phi) is 4.36. The number of nitrogens with one attached hydrogen (secondary N) is 1. The highest BCUT2D eigenvalue weighted by Gasteiger charge is 2.33. The lowest BCUT2D eigenvalue weighted by atomic mass is 9.90. The van der Waals surface area contributed by atoms with E-state index < -0.39 is 0 Å². The van der Waals surface area contributed by atoms with Crippen molar-refractivity contribution < 1.29 is 9.13 Å². The summed E-state index contributed by atoms with van der Waals surface area (Å²) in [6, 6.07) is 5.08. The van der Waals surface area contributed by atoms with Gasteiger partial charge in [0.2, 0.25) is 0 Å². The zero-order valence-electron chi connectivity index (χ0n) is 11.4. The van der Waals surface area contributed by atoms with Crippen LogP contribution in [0.2, 0.25) is 0 Å². The Morgan fingerprint density at radius 2 is 2.28 bits per heavy atom. The summed E-state index contributed by atoms with van der Waals surface area (Å²) in [4.78, 5) is 0. The van der Waals surface area contributed by atoms with Crippen molar-refractivity contribution in [3.8, 4) is 0 Å². The summed E-state index contributed by atoms with van der Waals surface area (Å²) in [5.41, 5.74) is 2.14. The molecule has 1 fully saturated rings. The van der Waals surface area contributed by atoms with Crippen LogP contribution in [-0.4, -0.2) is 19.3 Å². The highest BCUT2D eigenvalue weighted by molar-refractivity contribution is 5.30. The van der Waals surface area contributed by atoms with Gasteiger partial charge in [-0.25, -0.2) is 4.39 Å². The van der Waals surface area contributed by atoms with Crippen LogP contribution in [0.5, 0.6) is 0 Å². The summed E-state index contributed by atoms with van der Waals surface area (Å²) >= 11 is 0. The molecule has 100 valence electrons. The average molecular weight is 251 g/mol. The van der Waals surface area contributed by atoms with E-state index in [-0.39, 0.29) is 18.0 Å². The van der Waals surface area contributed by atoms with Crippen molar-refractivity contribution in [2.75, 3.05) is 13.2 Å².